The van der Waals surface area contributed by atoms with Crippen LogP contribution in [-0.2, 0) is 0 Å². The smallest absolute Gasteiger partial charge is 0.248 e. The second-order valence-electron chi connectivity index (χ2n) is 6.74. The van der Waals surface area contributed by atoms with E-state index < -0.39 is 12.0 Å². The highest BCUT2D eigenvalue weighted by Crippen LogP contribution is 2.38. The van der Waals surface area contributed by atoms with Crippen LogP contribution < -0.4 is 5.32 Å². The third kappa shape index (κ3) is 6.69. The number of benzene rings is 1. The summed E-state index contributed by atoms with van der Waals surface area (Å²) in [5.41, 5.74) is 0.938. The standard InChI is InChI=1S/C19H29F2NOS/c1-2-11-22-12-8-18(23)16-4-3-5-17(13-16)24-14-15-6-9-19(20,21)10-7-15/h3-5,13,15,18,22-23H,2,6-12,14H2,1H3. The summed E-state index contributed by atoms with van der Waals surface area (Å²) in [5, 5.41) is 13.6. The Hall–Kier alpha value is -0.650. The Morgan fingerprint density at radius 3 is 2.75 bits per heavy atom. The summed E-state index contributed by atoms with van der Waals surface area (Å²) >= 11 is 1.72. The molecule has 2 N–H and O–H groups in total. The number of hydrogen-bond acceptors (Lipinski definition) is 3. The third-order valence-electron chi connectivity index (χ3n) is 4.59. The summed E-state index contributed by atoms with van der Waals surface area (Å²) in [7, 11) is 0. The first kappa shape index (κ1) is 19.7. The predicted octanol–water partition coefficient (Wildman–Crippen LogP) is 5.03. The van der Waals surface area contributed by atoms with Crippen LogP contribution in [-0.4, -0.2) is 29.9 Å². The lowest BCUT2D eigenvalue weighted by atomic mass is 9.88. The molecule has 0 radical (unpaired) electrons. The van der Waals surface area contributed by atoms with Crippen LogP contribution in [0.25, 0.3) is 0 Å². The molecule has 0 bridgehead atoms. The van der Waals surface area contributed by atoms with E-state index in [0.29, 0.717) is 25.2 Å². The van der Waals surface area contributed by atoms with E-state index in [1.54, 1.807) is 11.8 Å². The Morgan fingerprint density at radius 2 is 2.04 bits per heavy atom. The topological polar surface area (TPSA) is 32.3 Å². The van der Waals surface area contributed by atoms with Gasteiger partial charge in [-0.2, -0.15) is 0 Å². The monoisotopic (exact) mass is 357 g/mol. The fourth-order valence-corrected chi connectivity index (χ4v) is 4.16. The van der Waals surface area contributed by atoms with Gasteiger partial charge >= 0.3 is 0 Å². The largest absolute Gasteiger partial charge is 0.388 e. The first-order chi connectivity index (χ1) is 11.5. The number of hydrogen-bond donors (Lipinski definition) is 2. The molecule has 1 fully saturated rings. The molecule has 1 aliphatic rings. The van der Waals surface area contributed by atoms with Gasteiger partial charge in [0.25, 0.3) is 0 Å². The van der Waals surface area contributed by atoms with Crippen molar-refractivity contribution in [1.29, 1.82) is 0 Å². The van der Waals surface area contributed by atoms with Crippen molar-refractivity contribution in [2.45, 2.75) is 62.4 Å². The molecule has 0 aromatic heterocycles. The maximum Gasteiger partial charge on any atom is 0.248 e. The zero-order chi connectivity index (χ0) is 17.4. The molecule has 0 amide bonds. The van der Waals surface area contributed by atoms with Gasteiger partial charge in [0.15, 0.2) is 0 Å². The van der Waals surface area contributed by atoms with Crippen LogP contribution in [0.15, 0.2) is 29.2 Å². The Balaban J connectivity index is 1.78. The van der Waals surface area contributed by atoms with E-state index in [1.165, 1.54) is 0 Å². The fraction of sp³-hybridized carbons (Fsp3) is 0.684. The van der Waals surface area contributed by atoms with E-state index >= 15 is 0 Å². The highest BCUT2D eigenvalue weighted by atomic mass is 32.2. The number of halogens is 2. The van der Waals surface area contributed by atoms with Crippen LogP contribution in [0.5, 0.6) is 0 Å². The molecule has 2 nitrogen and oxygen atoms in total. The molecule has 5 heteroatoms. The highest BCUT2D eigenvalue weighted by molar-refractivity contribution is 7.99. The van der Waals surface area contributed by atoms with E-state index in [-0.39, 0.29) is 12.8 Å². The number of thioether (sulfide) groups is 1. The molecular formula is C19H29F2NOS. The lowest BCUT2D eigenvalue weighted by Crippen LogP contribution is -2.25. The molecule has 1 unspecified atom stereocenters. The quantitative estimate of drug-likeness (QED) is 0.480. The van der Waals surface area contributed by atoms with Crippen LogP contribution in [0, 0.1) is 5.92 Å². The fourth-order valence-electron chi connectivity index (χ4n) is 3.00. The Kier molecular flexibility index (Phi) is 7.98. The van der Waals surface area contributed by atoms with Crippen LogP contribution in [0.4, 0.5) is 8.78 Å². The average molecular weight is 358 g/mol. The summed E-state index contributed by atoms with van der Waals surface area (Å²) in [6.07, 6.45) is 2.63. The lowest BCUT2D eigenvalue weighted by molar-refractivity contribution is -0.0433. The van der Waals surface area contributed by atoms with Crippen molar-refractivity contribution in [1.82, 2.24) is 5.32 Å². The summed E-state index contributed by atoms with van der Waals surface area (Å²) < 4.78 is 26.4. The number of rotatable bonds is 9. The Labute approximate surface area is 148 Å². The van der Waals surface area contributed by atoms with Gasteiger partial charge in [0.05, 0.1) is 6.10 Å². The minimum absolute atomic E-state index is 0.0295. The number of aliphatic hydroxyl groups is 1. The van der Waals surface area contributed by atoms with E-state index in [2.05, 4.69) is 12.2 Å². The van der Waals surface area contributed by atoms with Crippen LogP contribution >= 0.6 is 11.8 Å². The molecule has 2 rings (SSSR count). The molecular weight excluding hydrogens is 328 g/mol. The minimum atomic E-state index is -2.45. The number of nitrogens with one attached hydrogen (secondary N) is 1. The summed E-state index contributed by atoms with van der Waals surface area (Å²) in [4.78, 5) is 1.12. The zero-order valence-corrected chi connectivity index (χ0v) is 15.3. The van der Waals surface area contributed by atoms with Crippen LogP contribution in [0.1, 0.15) is 57.1 Å². The van der Waals surface area contributed by atoms with Gasteiger partial charge in [-0.05, 0) is 62.4 Å². The predicted molar refractivity (Wildman–Crippen MR) is 96.8 cm³/mol. The highest BCUT2D eigenvalue weighted by Gasteiger charge is 2.34. The molecule has 24 heavy (non-hydrogen) atoms. The van der Waals surface area contributed by atoms with Crippen molar-refractivity contribution in [3.05, 3.63) is 29.8 Å². The van der Waals surface area contributed by atoms with Gasteiger partial charge in [0.1, 0.15) is 0 Å². The molecule has 0 aliphatic heterocycles. The number of alkyl halides is 2. The van der Waals surface area contributed by atoms with Crippen molar-refractivity contribution in [2.75, 3.05) is 18.8 Å². The molecule has 0 saturated heterocycles. The van der Waals surface area contributed by atoms with Crippen LogP contribution in [0.3, 0.4) is 0 Å². The molecule has 1 aromatic rings. The maximum absolute atomic E-state index is 13.2. The summed E-state index contributed by atoms with van der Waals surface area (Å²) in [6.45, 7) is 3.91. The summed E-state index contributed by atoms with van der Waals surface area (Å²) in [5.74, 6) is -1.19. The van der Waals surface area contributed by atoms with Crippen molar-refractivity contribution >= 4 is 11.8 Å². The molecule has 1 atom stereocenters. The molecule has 1 aromatic carbocycles. The molecule has 136 valence electrons. The lowest BCUT2D eigenvalue weighted by Gasteiger charge is -2.27. The molecule has 0 heterocycles. The van der Waals surface area contributed by atoms with Gasteiger partial charge in [-0.3, -0.25) is 0 Å². The van der Waals surface area contributed by atoms with Crippen molar-refractivity contribution in [3.8, 4) is 0 Å². The minimum Gasteiger partial charge on any atom is -0.388 e. The first-order valence-corrected chi connectivity index (χ1v) is 9.98. The average Bonchev–Trinajstić information content (AvgIpc) is 2.58. The zero-order valence-electron chi connectivity index (χ0n) is 14.4. The number of aliphatic hydroxyl groups excluding tert-OH is 1. The SMILES string of the molecule is CCCNCCC(O)c1cccc(SCC2CCC(F)(F)CC2)c1. The third-order valence-corrected chi connectivity index (χ3v) is 5.81. The van der Waals surface area contributed by atoms with E-state index in [1.807, 2.05) is 24.3 Å². The van der Waals surface area contributed by atoms with E-state index in [4.69, 9.17) is 0 Å². The van der Waals surface area contributed by atoms with Gasteiger partial charge in [0.2, 0.25) is 5.92 Å². The van der Waals surface area contributed by atoms with Gasteiger partial charge in [-0.1, -0.05) is 19.1 Å². The normalized spacial score (nSPS) is 19.3. The molecule has 1 aliphatic carbocycles. The van der Waals surface area contributed by atoms with Crippen molar-refractivity contribution in [2.24, 2.45) is 5.92 Å². The van der Waals surface area contributed by atoms with Gasteiger partial charge in [0, 0.05) is 23.5 Å². The van der Waals surface area contributed by atoms with Gasteiger partial charge < -0.3 is 10.4 Å². The second kappa shape index (κ2) is 9.73. The van der Waals surface area contributed by atoms with Crippen molar-refractivity contribution < 1.29 is 13.9 Å². The molecule has 0 spiro atoms. The second-order valence-corrected chi connectivity index (χ2v) is 7.83. The Morgan fingerprint density at radius 1 is 1.29 bits per heavy atom. The summed E-state index contributed by atoms with van der Waals surface area (Å²) in [6, 6.07) is 7.99. The molecule has 1 saturated carbocycles. The van der Waals surface area contributed by atoms with Gasteiger partial charge in [-0.15, -0.1) is 11.8 Å². The Bertz CT molecular complexity index is 488. The maximum atomic E-state index is 13.2. The van der Waals surface area contributed by atoms with Crippen molar-refractivity contribution in [3.63, 3.8) is 0 Å². The van der Waals surface area contributed by atoms with Crippen LogP contribution in [0.2, 0.25) is 0 Å². The van der Waals surface area contributed by atoms with Gasteiger partial charge in [-0.25, -0.2) is 8.78 Å². The van der Waals surface area contributed by atoms with E-state index in [0.717, 1.165) is 35.7 Å². The first-order valence-electron chi connectivity index (χ1n) is 8.99. The van der Waals surface area contributed by atoms with E-state index in [9.17, 15) is 13.9 Å².